The summed E-state index contributed by atoms with van der Waals surface area (Å²) < 4.78 is 48.9. The number of amides is 1. The van der Waals surface area contributed by atoms with Gasteiger partial charge in [0.15, 0.2) is 0 Å². The fourth-order valence-corrected chi connectivity index (χ4v) is 10.4. The van der Waals surface area contributed by atoms with E-state index in [9.17, 15) is 13.2 Å². The van der Waals surface area contributed by atoms with Crippen molar-refractivity contribution in [1.29, 1.82) is 0 Å². The van der Waals surface area contributed by atoms with E-state index in [1.165, 1.54) is 5.56 Å². The normalized spacial score (nSPS) is 30.7. The fourth-order valence-electron chi connectivity index (χ4n) is 8.91. The first kappa shape index (κ1) is 39.6. The molecule has 7 rings (SSSR count). The zero-order valence-corrected chi connectivity index (χ0v) is 33.9. The van der Waals surface area contributed by atoms with Gasteiger partial charge in [0, 0.05) is 63.0 Å². The standard InChI is InChI=1S/C42H59ClN4O6S/c1-4-22-53-42(29-45-18-20-46(21-19-45)37-27-51-28-37)16-7-8-30(2)31(3)54(49,50)44-41(48)33-12-15-40-39(24-33)47(25-34-11-14-38(34)42)17-6-5-9-32-23-36(43)13-10-35(32)26-52-40/h7,10,12-13,15-16,23-24,30-31,34,37-38H,4-6,8-9,11,14,17-22,25-29H2,1-3H3,(H,44,48)/b16-7+/t30-,31+,34-,38+,42-/m0/s1. The van der Waals surface area contributed by atoms with Gasteiger partial charge in [0.1, 0.15) is 18.0 Å². The molecule has 3 fully saturated rings. The lowest BCUT2D eigenvalue weighted by Crippen LogP contribution is -2.61. The van der Waals surface area contributed by atoms with Crippen LogP contribution < -0.4 is 14.4 Å². The number of sulfonamides is 1. The van der Waals surface area contributed by atoms with Crippen LogP contribution >= 0.6 is 11.6 Å². The largest absolute Gasteiger partial charge is 0.487 e. The van der Waals surface area contributed by atoms with Crippen LogP contribution in [-0.2, 0) is 32.5 Å². The van der Waals surface area contributed by atoms with E-state index in [1.807, 2.05) is 37.3 Å². The smallest absolute Gasteiger partial charge is 0.264 e. The number of allylic oxidation sites excluding steroid dienone is 1. The molecule has 2 aromatic rings. The second kappa shape index (κ2) is 17.2. The maximum atomic E-state index is 13.7. The van der Waals surface area contributed by atoms with Gasteiger partial charge in [0.05, 0.1) is 30.2 Å². The highest BCUT2D eigenvalue weighted by Gasteiger charge is 2.49. The Morgan fingerprint density at radius 1 is 1.00 bits per heavy atom. The predicted octanol–water partition coefficient (Wildman–Crippen LogP) is 6.31. The van der Waals surface area contributed by atoms with Gasteiger partial charge < -0.3 is 19.1 Å². The Hall–Kier alpha value is -2.67. The summed E-state index contributed by atoms with van der Waals surface area (Å²) in [5.41, 5.74) is 2.90. The number of hydrogen-bond acceptors (Lipinski definition) is 9. The highest BCUT2D eigenvalue weighted by Crippen LogP contribution is 2.47. The molecule has 0 radical (unpaired) electrons. The Morgan fingerprint density at radius 3 is 2.54 bits per heavy atom. The van der Waals surface area contributed by atoms with Gasteiger partial charge in [-0.3, -0.25) is 14.6 Å². The third kappa shape index (κ3) is 8.82. The molecule has 2 bridgehead atoms. The number of anilines is 1. The molecule has 1 saturated carbocycles. The minimum absolute atomic E-state index is 0.220. The van der Waals surface area contributed by atoms with Gasteiger partial charge in [-0.15, -0.1) is 0 Å². The molecule has 2 saturated heterocycles. The van der Waals surface area contributed by atoms with E-state index in [2.05, 4.69) is 38.5 Å². The first-order valence-electron chi connectivity index (χ1n) is 20.3. The zero-order valence-electron chi connectivity index (χ0n) is 32.3. The monoisotopic (exact) mass is 782 g/mol. The number of nitrogens with zero attached hydrogens (tertiary/aromatic N) is 3. The molecule has 54 heavy (non-hydrogen) atoms. The maximum absolute atomic E-state index is 13.7. The molecule has 10 nitrogen and oxygen atoms in total. The van der Waals surface area contributed by atoms with Crippen LogP contribution in [-0.4, -0.2) is 107 Å². The number of hydrogen-bond donors (Lipinski definition) is 1. The summed E-state index contributed by atoms with van der Waals surface area (Å²) in [7, 11) is -3.96. The van der Waals surface area contributed by atoms with Gasteiger partial charge in [-0.25, -0.2) is 13.1 Å². The number of ether oxygens (including phenoxy) is 3. The Balaban J connectivity index is 1.25. The molecular formula is C42H59ClN4O6S. The van der Waals surface area contributed by atoms with Crippen LogP contribution in [0, 0.1) is 17.8 Å². The van der Waals surface area contributed by atoms with Crippen LogP contribution in [0.15, 0.2) is 48.6 Å². The lowest BCUT2D eigenvalue weighted by molar-refractivity contribution is -0.122. The van der Waals surface area contributed by atoms with E-state index >= 15 is 0 Å². The van der Waals surface area contributed by atoms with Crippen LogP contribution in [0.25, 0.3) is 0 Å². The minimum atomic E-state index is -3.96. The second-order valence-corrected chi connectivity index (χ2v) is 18.8. The highest BCUT2D eigenvalue weighted by atomic mass is 35.5. The number of rotatable bonds is 6. The van der Waals surface area contributed by atoms with E-state index in [0.717, 1.165) is 114 Å². The van der Waals surface area contributed by atoms with E-state index < -0.39 is 26.8 Å². The lowest BCUT2D eigenvalue weighted by atomic mass is 9.63. The summed E-state index contributed by atoms with van der Waals surface area (Å²) in [5, 5.41) is -0.0589. The van der Waals surface area contributed by atoms with Crippen molar-refractivity contribution in [2.24, 2.45) is 17.8 Å². The van der Waals surface area contributed by atoms with Crippen molar-refractivity contribution in [3.05, 3.63) is 70.3 Å². The van der Waals surface area contributed by atoms with Crippen molar-refractivity contribution in [3.8, 4) is 5.75 Å². The van der Waals surface area contributed by atoms with Gasteiger partial charge >= 0.3 is 0 Å². The van der Waals surface area contributed by atoms with Gasteiger partial charge in [-0.1, -0.05) is 43.7 Å². The lowest BCUT2D eigenvalue weighted by Gasteiger charge is -2.52. The Labute approximate surface area is 327 Å². The Morgan fingerprint density at radius 2 is 1.81 bits per heavy atom. The maximum Gasteiger partial charge on any atom is 0.264 e. The van der Waals surface area contributed by atoms with Crippen molar-refractivity contribution < 1.29 is 27.4 Å². The van der Waals surface area contributed by atoms with E-state index in [1.54, 1.807) is 13.0 Å². The molecule has 12 heteroatoms. The Bertz CT molecular complexity index is 1760. The SMILES string of the molecule is CCCO[C@]1(CN2CCN(C3COC3)CC2)/C=C/C[C@H](C)[C@@H](C)S(=O)(=O)NC(=O)c2ccc3c(c2)N(CCCCc2cc(Cl)ccc2CO3)C[C@@H]2CC[C@H]21. The average Bonchev–Trinajstić information content (AvgIpc) is 3.14. The van der Waals surface area contributed by atoms with E-state index in [-0.39, 0.29) is 11.8 Å². The van der Waals surface area contributed by atoms with Crippen LogP contribution in [0.4, 0.5) is 5.69 Å². The molecule has 2 aromatic carbocycles. The number of benzene rings is 2. The molecule has 1 aliphatic carbocycles. The number of aryl methyl sites for hydroxylation is 1. The van der Waals surface area contributed by atoms with Crippen LogP contribution in [0.1, 0.15) is 80.8 Å². The van der Waals surface area contributed by atoms with Gasteiger partial charge in [0.25, 0.3) is 5.91 Å². The van der Waals surface area contributed by atoms with Crippen molar-refractivity contribution >= 4 is 33.2 Å². The Kier molecular flexibility index (Phi) is 12.6. The van der Waals surface area contributed by atoms with Gasteiger partial charge in [0.2, 0.25) is 10.0 Å². The first-order valence-corrected chi connectivity index (χ1v) is 22.2. The zero-order chi connectivity index (χ0) is 37.9. The van der Waals surface area contributed by atoms with E-state index in [0.29, 0.717) is 42.9 Å². The number of carbonyl (C=O) groups excluding carboxylic acids is 1. The predicted molar refractivity (Wildman–Crippen MR) is 214 cm³/mol. The molecule has 0 spiro atoms. The number of fused-ring (bicyclic) bond motifs is 3. The van der Waals surface area contributed by atoms with Gasteiger partial charge in [-0.2, -0.15) is 0 Å². The fraction of sp³-hybridized carbons (Fsp3) is 0.643. The molecule has 5 atom stereocenters. The average molecular weight is 783 g/mol. The molecule has 5 aliphatic rings. The quantitative estimate of drug-likeness (QED) is 0.338. The highest BCUT2D eigenvalue weighted by molar-refractivity contribution is 7.90. The molecule has 1 N–H and O–H groups in total. The number of nitrogens with one attached hydrogen (secondary N) is 1. The summed E-state index contributed by atoms with van der Waals surface area (Å²) in [6, 6.07) is 11.9. The summed E-state index contributed by atoms with van der Waals surface area (Å²) in [6.45, 7) is 14.9. The second-order valence-electron chi connectivity index (χ2n) is 16.3. The third-order valence-corrected chi connectivity index (χ3v) is 14.9. The number of carbonyl (C=O) groups is 1. The van der Waals surface area contributed by atoms with E-state index in [4.69, 9.17) is 25.8 Å². The minimum Gasteiger partial charge on any atom is -0.487 e. The summed E-state index contributed by atoms with van der Waals surface area (Å²) in [6.07, 6.45) is 10.9. The van der Waals surface area contributed by atoms with Crippen molar-refractivity contribution in [1.82, 2.24) is 14.5 Å². The number of halogens is 1. The molecule has 296 valence electrons. The molecular weight excluding hydrogens is 724 g/mol. The van der Waals surface area contributed by atoms with Crippen LogP contribution in [0.3, 0.4) is 0 Å². The van der Waals surface area contributed by atoms with Gasteiger partial charge in [-0.05, 0) is 111 Å². The molecule has 4 aliphatic heterocycles. The van der Waals surface area contributed by atoms with Crippen LogP contribution in [0.5, 0.6) is 5.75 Å². The molecule has 1 amide bonds. The molecule has 0 aromatic heterocycles. The summed E-state index contributed by atoms with van der Waals surface area (Å²) >= 11 is 6.42. The first-order chi connectivity index (χ1) is 26.0. The summed E-state index contributed by atoms with van der Waals surface area (Å²) in [5.74, 6) is 0.480. The van der Waals surface area contributed by atoms with Crippen molar-refractivity contribution in [3.63, 3.8) is 0 Å². The van der Waals surface area contributed by atoms with Crippen LogP contribution in [0.2, 0.25) is 5.02 Å². The molecule has 4 heterocycles. The van der Waals surface area contributed by atoms with Crippen molar-refractivity contribution in [2.75, 3.05) is 70.5 Å². The topological polar surface area (TPSA) is 101 Å². The summed E-state index contributed by atoms with van der Waals surface area (Å²) in [4.78, 5) is 21.2. The third-order valence-electron chi connectivity index (χ3n) is 12.8. The molecule has 0 unspecified atom stereocenters. The van der Waals surface area contributed by atoms with Crippen molar-refractivity contribution in [2.45, 2.75) is 89.2 Å². The number of piperazine rings is 1.